The lowest BCUT2D eigenvalue weighted by molar-refractivity contribution is 1.10. The highest BCUT2D eigenvalue weighted by atomic mass is 14.8. The molecule has 0 bridgehead atoms. The fourth-order valence-electron chi connectivity index (χ4n) is 0.652. The number of hydrogen-bond donors (Lipinski definition) is 1. The van der Waals surface area contributed by atoms with E-state index in [9.17, 15) is 0 Å². The van der Waals surface area contributed by atoms with Crippen LogP contribution in [0.15, 0.2) is 36.6 Å². The van der Waals surface area contributed by atoms with Crippen LogP contribution in [-0.2, 0) is 0 Å². The molecule has 0 heterocycles. The molecule has 0 rings (SSSR count). The molecule has 0 aromatic rings. The molecule has 0 unspecified atom stereocenters. The van der Waals surface area contributed by atoms with Gasteiger partial charge in [-0.1, -0.05) is 25.3 Å². The van der Waals surface area contributed by atoms with E-state index in [1.807, 2.05) is 25.4 Å². The summed E-state index contributed by atoms with van der Waals surface area (Å²) in [5, 5.41) is 2.91. The molecule has 0 saturated carbocycles. The third-order valence-corrected chi connectivity index (χ3v) is 1.28. The molecular formula is C11H15N. The van der Waals surface area contributed by atoms with Crippen LogP contribution in [0.5, 0.6) is 0 Å². The quantitative estimate of drug-likeness (QED) is 0.494. The lowest BCUT2D eigenvalue weighted by Gasteiger charge is -1.89. The Morgan fingerprint density at radius 2 is 2.33 bits per heavy atom. The van der Waals surface area contributed by atoms with Crippen LogP contribution >= 0.6 is 0 Å². The fourth-order valence-corrected chi connectivity index (χ4v) is 0.652. The van der Waals surface area contributed by atoms with E-state index in [1.165, 1.54) is 0 Å². The second-order valence-electron chi connectivity index (χ2n) is 2.17. The van der Waals surface area contributed by atoms with Crippen molar-refractivity contribution in [1.29, 1.82) is 0 Å². The Kier molecular flexibility index (Phi) is 6.78. The first-order valence-corrected chi connectivity index (χ1v) is 4.00. The predicted octanol–water partition coefficient (Wildman–Crippen LogP) is 2.25. The van der Waals surface area contributed by atoms with Crippen LogP contribution in [0, 0.1) is 11.8 Å². The smallest absolute Gasteiger partial charge is 0.00277 e. The van der Waals surface area contributed by atoms with Crippen molar-refractivity contribution in [2.45, 2.75) is 13.3 Å². The maximum atomic E-state index is 3.53. The molecule has 0 amide bonds. The SMILES string of the molecule is C=CC#C/C(=C/C=C/NC)CC. The van der Waals surface area contributed by atoms with E-state index in [2.05, 4.69) is 30.7 Å². The van der Waals surface area contributed by atoms with Crippen molar-refractivity contribution in [3.05, 3.63) is 36.6 Å². The summed E-state index contributed by atoms with van der Waals surface area (Å²) in [4.78, 5) is 0. The van der Waals surface area contributed by atoms with Crippen molar-refractivity contribution in [1.82, 2.24) is 5.32 Å². The largest absolute Gasteiger partial charge is 0.394 e. The average Bonchev–Trinajstić information content (AvgIpc) is 2.11. The van der Waals surface area contributed by atoms with Gasteiger partial charge in [-0.2, -0.15) is 0 Å². The minimum absolute atomic E-state index is 0.953. The summed E-state index contributed by atoms with van der Waals surface area (Å²) in [7, 11) is 1.87. The highest BCUT2D eigenvalue weighted by Gasteiger charge is 1.82. The van der Waals surface area contributed by atoms with Gasteiger partial charge in [-0.15, -0.1) is 0 Å². The molecule has 0 atom stereocenters. The molecule has 1 heteroatoms. The fraction of sp³-hybridized carbons (Fsp3) is 0.273. The monoisotopic (exact) mass is 161 g/mol. The lowest BCUT2D eigenvalue weighted by atomic mass is 10.2. The maximum absolute atomic E-state index is 3.53. The Hall–Kier alpha value is -1.42. The highest BCUT2D eigenvalue weighted by molar-refractivity contribution is 5.34. The van der Waals surface area contributed by atoms with E-state index >= 15 is 0 Å². The predicted molar refractivity (Wildman–Crippen MR) is 54.5 cm³/mol. The molecule has 0 fully saturated rings. The summed E-state index contributed by atoms with van der Waals surface area (Å²) in [6.45, 7) is 5.61. The Morgan fingerprint density at radius 3 is 2.83 bits per heavy atom. The third-order valence-electron chi connectivity index (χ3n) is 1.28. The second-order valence-corrected chi connectivity index (χ2v) is 2.17. The van der Waals surface area contributed by atoms with Crippen molar-refractivity contribution in [2.24, 2.45) is 0 Å². The van der Waals surface area contributed by atoms with Crippen LogP contribution in [0.3, 0.4) is 0 Å². The van der Waals surface area contributed by atoms with Gasteiger partial charge < -0.3 is 5.32 Å². The van der Waals surface area contributed by atoms with Crippen LogP contribution < -0.4 is 5.32 Å². The van der Waals surface area contributed by atoms with Crippen LogP contribution in [0.1, 0.15) is 13.3 Å². The van der Waals surface area contributed by atoms with Gasteiger partial charge in [0, 0.05) is 12.6 Å². The molecule has 64 valence electrons. The minimum atomic E-state index is 0.953. The van der Waals surface area contributed by atoms with Crippen molar-refractivity contribution in [3.8, 4) is 11.8 Å². The van der Waals surface area contributed by atoms with Gasteiger partial charge in [-0.05, 0) is 30.8 Å². The molecular weight excluding hydrogens is 146 g/mol. The zero-order valence-corrected chi connectivity index (χ0v) is 7.72. The Balaban J connectivity index is 4.22. The van der Waals surface area contributed by atoms with Gasteiger partial charge in [0.25, 0.3) is 0 Å². The number of hydrogen-bond acceptors (Lipinski definition) is 1. The molecule has 0 aromatic heterocycles. The van der Waals surface area contributed by atoms with Gasteiger partial charge in [0.1, 0.15) is 0 Å². The molecule has 0 aliphatic heterocycles. The van der Waals surface area contributed by atoms with Crippen molar-refractivity contribution < 1.29 is 0 Å². The van der Waals surface area contributed by atoms with Gasteiger partial charge in [0.2, 0.25) is 0 Å². The third kappa shape index (κ3) is 5.37. The van der Waals surface area contributed by atoms with Gasteiger partial charge in [0.05, 0.1) is 0 Å². The Labute approximate surface area is 74.9 Å². The summed E-state index contributed by atoms with van der Waals surface area (Å²) < 4.78 is 0. The van der Waals surface area contributed by atoms with Gasteiger partial charge in [-0.3, -0.25) is 0 Å². The molecule has 0 radical (unpaired) electrons. The summed E-state index contributed by atoms with van der Waals surface area (Å²) in [5.74, 6) is 5.81. The van der Waals surface area contributed by atoms with Crippen molar-refractivity contribution >= 4 is 0 Å². The maximum Gasteiger partial charge on any atom is 0.00277 e. The Morgan fingerprint density at radius 1 is 1.58 bits per heavy atom. The van der Waals surface area contributed by atoms with Crippen molar-refractivity contribution in [3.63, 3.8) is 0 Å². The zero-order chi connectivity index (χ0) is 9.23. The number of rotatable bonds is 3. The van der Waals surface area contributed by atoms with Gasteiger partial charge >= 0.3 is 0 Å². The molecule has 1 N–H and O–H groups in total. The van der Waals surface area contributed by atoms with Gasteiger partial charge in [-0.25, -0.2) is 0 Å². The number of allylic oxidation sites excluding steroid dienone is 4. The molecule has 0 spiro atoms. The van der Waals surface area contributed by atoms with Crippen molar-refractivity contribution in [2.75, 3.05) is 7.05 Å². The van der Waals surface area contributed by atoms with E-state index in [0.29, 0.717) is 0 Å². The zero-order valence-electron chi connectivity index (χ0n) is 7.72. The second kappa shape index (κ2) is 7.68. The van der Waals surface area contributed by atoms with E-state index in [1.54, 1.807) is 6.08 Å². The first-order chi connectivity index (χ1) is 5.85. The minimum Gasteiger partial charge on any atom is -0.394 e. The van der Waals surface area contributed by atoms with Gasteiger partial charge in [0.15, 0.2) is 0 Å². The lowest BCUT2D eigenvalue weighted by Crippen LogP contribution is -1.90. The topological polar surface area (TPSA) is 12.0 Å². The molecule has 0 aliphatic rings. The first-order valence-electron chi connectivity index (χ1n) is 4.00. The molecule has 0 saturated heterocycles. The Bertz CT molecular complexity index is 235. The summed E-state index contributed by atoms with van der Waals surface area (Å²) >= 11 is 0. The summed E-state index contributed by atoms with van der Waals surface area (Å²) in [6.07, 6.45) is 8.36. The normalized spacial score (nSPS) is 10.7. The van der Waals surface area contributed by atoms with Crippen LogP contribution in [0.4, 0.5) is 0 Å². The van der Waals surface area contributed by atoms with E-state index in [0.717, 1.165) is 12.0 Å². The number of nitrogens with one attached hydrogen (secondary N) is 1. The van der Waals surface area contributed by atoms with E-state index in [-0.39, 0.29) is 0 Å². The van der Waals surface area contributed by atoms with E-state index < -0.39 is 0 Å². The summed E-state index contributed by atoms with van der Waals surface area (Å²) in [6, 6.07) is 0. The standard InChI is InChI=1S/C11H15N/c1-4-6-8-11(5-2)9-7-10-12-3/h4,7,9-10,12H,1,5H2,2-3H3/b10-7+,11-9+. The van der Waals surface area contributed by atoms with E-state index in [4.69, 9.17) is 0 Å². The van der Waals surface area contributed by atoms with Crippen LogP contribution in [0.25, 0.3) is 0 Å². The molecule has 12 heavy (non-hydrogen) atoms. The first kappa shape index (κ1) is 10.6. The van der Waals surface area contributed by atoms with Crippen LogP contribution in [-0.4, -0.2) is 7.05 Å². The molecule has 0 aromatic carbocycles. The average molecular weight is 161 g/mol. The van der Waals surface area contributed by atoms with Crippen LogP contribution in [0.2, 0.25) is 0 Å². The highest BCUT2D eigenvalue weighted by Crippen LogP contribution is 1.97. The summed E-state index contributed by atoms with van der Waals surface area (Å²) in [5.41, 5.74) is 1.11. The molecule has 1 nitrogen and oxygen atoms in total. The molecule has 0 aliphatic carbocycles.